The van der Waals surface area contributed by atoms with Crippen molar-refractivity contribution in [2.75, 3.05) is 0 Å². The van der Waals surface area contributed by atoms with Gasteiger partial charge in [-0.15, -0.1) is 0 Å². The van der Waals surface area contributed by atoms with Gasteiger partial charge in [-0.1, -0.05) is 87.8 Å². The molecule has 1 atom stereocenters. The van der Waals surface area contributed by atoms with E-state index < -0.39 is 0 Å². The summed E-state index contributed by atoms with van der Waals surface area (Å²) in [6.45, 7) is 16.0. The van der Waals surface area contributed by atoms with E-state index in [1.165, 1.54) is 64.7 Å². The molecule has 1 aliphatic carbocycles. The highest BCUT2D eigenvalue weighted by molar-refractivity contribution is 5.71. The molecule has 0 unspecified atom stereocenters. The first-order valence-electron chi connectivity index (χ1n) is 12.5. The van der Waals surface area contributed by atoms with Gasteiger partial charge in [-0.3, -0.25) is 0 Å². The number of hydrogen-bond donors (Lipinski definition) is 0. The molecule has 168 valence electrons. The minimum Gasteiger partial charge on any atom is -0.0813 e. The van der Waals surface area contributed by atoms with Crippen LogP contribution in [-0.4, -0.2) is 0 Å². The smallest absolute Gasteiger partial charge is 0.0147 e. The molecule has 1 aromatic carbocycles. The van der Waals surface area contributed by atoms with Crippen molar-refractivity contribution in [3.05, 3.63) is 87.1 Å². The van der Waals surface area contributed by atoms with Crippen LogP contribution in [0.5, 0.6) is 0 Å². The molecule has 0 nitrogen and oxygen atoms in total. The molecule has 0 saturated heterocycles. The van der Waals surface area contributed by atoms with Crippen LogP contribution in [0.1, 0.15) is 110 Å². The Kier molecular flexibility index (Phi) is 10.3. The summed E-state index contributed by atoms with van der Waals surface area (Å²) < 4.78 is 0. The lowest BCUT2D eigenvalue weighted by molar-refractivity contribution is 0.653. The fourth-order valence-corrected chi connectivity index (χ4v) is 4.33. The monoisotopic (exact) mass is 416 g/mol. The normalized spacial score (nSPS) is 16.9. The summed E-state index contributed by atoms with van der Waals surface area (Å²) in [5, 5.41) is 0. The van der Waals surface area contributed by atoms with Gasteiger partial charge in [0.1, 0.15) is 0 Å². The second-order valence-electron chi connectivity index (χ2n) is 9.22. The minimum absolute atomic E-state index is 0.566. The Balaban J connectivity index is 2.72. The van der Waals surface area contributed by atoms with E-state index in [1.54, 1.807) is 5.57 Å². The van der Waals surface area contributed by atoms with Crippen LogP contribution in [0.3, 0.4) is 0 Å². The molecule has 0 heteroatoms. The lowest BCUT2D eigenvalue weighted by atomic mass is 9.81. The zero-order valence-electron chi connectivity index (χ0n) is 21.1. The first-order valence-corrected chi connectivity index (χ1v) is 12.5. The Bertz CT molecular complexity index is 876. The molecule has 31 heavy (non-hydrogen) atoms. The van der Waals surface area contributed by atoms with E-state index in [1.807, 2.05) is 0 Å². The van der Waals surface area contributed by atoms with Crippen LogP contribution in [0, 0.1) is 0 Å². The molecule has 0 aliphatic heterocycles. The van der Waals surface area contributed by atoms with Gasteiger partial charge < -0.3 is 0 Å². The van der Waals surface area contributed by atoms with E-state index in [2.05, 4.69) is 97.0 Å². The summed E-state index contributed by atoms with van der Waals surface area (Å²) in [4.78, 5) is 0. The summed E-state index contributed by atoms with van der Waals surface area (Å²) in [6.07, 6.45) is 18.0. The fraction of sp³-hybridized carbons (Fsp3) is 0.484. The highest BCUT2D eigenvalue weighted by atomic mass is 14.2. The van der Waals surface area contributed by atoms with Crippen molar-refractivity contribution in [2.45, 2.75) is 99.3 Å². The van der Waals surface area contributed by atoms with Crippen molar-refractivity contribution < 1.29 is 0 Å². The Morgan fingerprint density at radius 2 is 1.68 bits per heavy atom. The molecule has 0 heterocycles. The van der Waals surface area contributed by atoms with Crippen LogP contribution in [0.4, 0.5) is 0 Å². The van der Waals surface area contributed by atoms with E-state index in [4.69, 9.17) is 0 Å². The van der Waals surface area contributed by atoms with E-state index in [-0.39, 0.29) is 0 Å². The molecular weight excluding hydrogens is 372 g/mol. The molecule has 0 N–H and O–H groups in total. The molecule has 0 radical (unpaired) electrons. The zero-order chi connectivity index (χ0) is 22.8. The summed E-state index contributed by atoms with van der Waals surface area (Å²) in [5.74, 6) is 0.566. The highest BCUT2D eigenvalue weighted by Gasteiger charge is 2.18. The first-order chi connectivity index (χ1) is 14.9. The quantitative estimate of drug-likeness (QED) is 0.333. The maximum atomic E-state index is 2.48. The molecule has 0 aromatic heterocycles. The van der Waals surface area contributed by atoms with Gasteiger partial charge in [-0.25, -0.2) is 0 Å². The van der Waals surface area contributed by atoms with Gasteiger partial charge in [-0.2, -0.15) is 0 Å². The number of benzene rings is 1. The lowest BCUT2D eigenvalue weighted by Crippen LogP contribution is -2.05. The van der Waals surface area contributed by atoms with E-state index in [9.17, 15) is 0 Å². The summed E-state index contributed by atoms with van der Waals surface area (Å²) in [7, 11) is 0. The molecule has 0 amide bonds. The summed E-state index contributed by atoms with van der Waals surface area (Å²) in [6, 6.07) is 8.98. The topological polar surface area (TPSA) is 0 Å². The van der Waals surface area contributed by atoms with E-state index >= 15 is 0 Å². The third-order valence-corrected chi connectivity index (χ3v) is 6.73. The highest BCUT2D eigenvalue weighted by Crippen LogP contribution is 2.38. The van der Waals surface area contributed by atoms with E-state index in [0.29, 0.717) is 5.92 Å². The maximum absolute atomic E-state index is 2.48. The molecular formula is C31H44. The molecule has 1 aromatic rings. The minimum atomic E-state index is 0.566. The number of hydrogen-bond acceptors (Lipinski definition) is 0. The van der Waals surface area contributed by atoms with Gasteiger partial charge in [0, 0.05) is 0 Å². The standard InChI is InChI=1S/C31H44/c1-8-14-23(4)20-21-30(25(6)15-9-2)31(26(7)27-17-13-18-27)22-28-16-11-12-19-29(28)24(5)10-3/h11-12,15-16,19-22,24H,8-10,13-14,17-18H2,1-7H3/b23-20-,25-15-,30-21+,31-22+/t24-/m1/s1. The van der Waals surface area contributed by atoms with Gasteiger partial charge in [0.05, 0.1) is 0 Å². The Morgan fingerprint density at radius 1 is 0.968 bits per heavy atom. The summed E-state index contributed by atoms with van der Waals surface area (Å²) in [5.41, 5.74) is 11.6. The Labute approximate surface area is 192 Å². The van der Waals surface area contributed by atoms with Crippen molar-refractivity contribution in [2.24, 2.45) is 0 Å². The molecule has 1 fully saturated rings. The van der Waals surface area contributed by atoms with Gasteiger partial charge in [0.25, 0.3) is 0 Å². The third kappa shape index (κ3) is 6.96. The van der Waals surface area contributed by atoms with Crippen LogP contribution in [0.25, 0.3) is 6.08 Å². The molecule has 2 rings (SSSR count). The van der Waals surface area contributed by atoms with Crippen molar-refractivity contribution in [1.82, 2.24) is 0 Å². The zero-order valence-corrected chi connectivity index (χ0v) is 21.1. The lowest BCUT2D eigenvalue weighted by Gasteiger charge is -2.24. The van der Waals surface area contributed by atoms with Crippen LogP contribution in [-0.2, 0) is 0 Å². The third-order valence-electron chi connectivity index (χ3n) is 6.73. The average Bonchev–Trinajstić information content (AvgIpc) is 2.71. The number of rotatable bonds is 10. The molecule has 1 saturated carbocycles. The SMILES string of the molecule is CC\C=C(C)/C(=C\C=C(\C)CCC)C(=C/c1ccccc1[C@H](C)CC)/C(C)=C1CCC1. The largest absolute Gasteiger partial charge is 0.0813 e. The molecule has 0 bridgehead atoms. The van der Waals surface area contributed by atoms with E-state index in [0.717, 1.165) is 19.3 Å². The predicted molar refractivity (Wildman–Crippen MR) is 140 cm³/mol. The summed E-state index contributed by atoms with van der Waals surface area (Å²) >= 11 is 0. The van der Waals surface area contributed by atoms with Crippen LogP contribution in [0.15, 0.2) is 75.9 Å². The average molecular weight is 417 g/mol. The van der Waals surface area contributed by atoms with Crippen molar-refractivity contribution in [3.8, 4) is 0 Å². The Hall–Kier alpha value is -2.08. The Morgan fingerprint density at radius 3 is 2.26 bits per heavy atom. The second kappa shape index (κ2) is 12.7. The molecule has 1 aliphatic rings. The van der Waals surface area contributed by atoms with Crippen LogP contribution < -0.4 is 0 Å². The maximum Gasteiger partial charge on any atom is -0.0147 e. The second-order valence-corrected chi connectivity index (χ2v) is 9.22. The predicted octanol–water partition coefficient (Wildman–Crippen LogP) is 10.1. The first kappa shape index (κ1) is 25.2. The van der Waals surface area contributed by atoms with Crippen molar-refractivity contribution in [1.29, 1.82) is 0 Å². The van der Waals surface area contributed by atoms with Gasteiger partial charge in [0.2, 0.25) is 0 Å². The fourth-order valence-electron chi connectivity index (χ4n) is 4.33. The van der Waals surface area contributed by atoms with Gasteiger partial charge in [0.15, 0.2) is 0 Å². The van der Waals surface area contributed by atoms with Crippen LogP contribution in [0.2, 0.25) is 0 Å². The molecule has 0 spiro atoms. The number of allylic oxidation sites excluding steroid dienone is 9. The van der Waals surface area contributed by atoms with Crippen LogP contribution >= 0.6 is 0 Å². The van der Waals surface area contributed by atoms with Gasteiger partial charge in [-0.05, 0) is 105 Å². The van der Waals surface area contributed by atoms with Crippen molar-refractivity contribution in [3.63, 3.8) is 0 Å². The van der Waals surface area contributed by atoms with Gasteiger partial charge >= 0.3 is 0 Å². The van der Waals surface area contributed by atoms with Crippen molar-refractivity contribution >= 4 is 6.08 Å².